The summed E-state index contributed by atoms with van der Waals surface area (Å²) in [5, 5.41) is 13.9. The van der Waals surface area contributed by atoms with E-state index in [9.17, 15) is 14.0 Å². The zero-order chi connectivity index (χ0) is 21.9. The molecule has 0 aliphatic carbocycles. The van der Waals surface area contributed by atoms with Crippen LogP contribution >= 0.6 is 0 Å². The van der Waals surface area contributed by atoms with Crippen LogP contribution in [0.4, 0.5) is 14.9 Å². The largest absolute Gasteiger partial charge is 0.444 e. The monoisotopic (exact) mass is 418 g/mol. The molecule has 0 atom stereocenters. The van der Waals surface area contributed by atoms with Gasteiger partial charge < -0.3 is 15.0 Å². The Hall–Kier alpha value is -3.04. The summed E-state index contributed by atoms with van der Waals surface area (Å²) in [5.74, 6) is -0.125. The molecule has 9 nitrogen and oxygen atoms in total. The predicted octanol–water partition coefficient (Wildman–Crippen LogP) is 3.09. The molecule has 30 heavy (non-hydrogen) atoms. The van der Waals surface area contributed by atoms with Crippen LogP contribution in [0.2, 0.25) is 0 Å². The predicted molar refractivity (Wildman–Crippen MR) is 108 cm³/mol. The van der Waals surface area contributed by atoms with Crippen LogP contribution in [-0.4, -0.2) is 55.8 Å². The number of benzene rings is 1. The summed E-state index contributed by atoms with van der Waals surface area (Å²) in [7, 11) is 0. The van der Waals surface area contributed by atoms with E-state index in [-0.39, 0.29) is 30.0 Å². The first-order valence-electron chi connectivity index (χ1n) is 9.95. The molecule has 0 spiro atoms. The van der Waals surface area contributed by atoms with Gasteiger partial charge in [-0.1, -0.05) is 0 Å². The average Bonchev–Trinajstić information content (AvgIpc) is 3.08. The minimum Gasteiger partial charge on any atom is -0.444 e. The van der Waals surface area contributed by atoms with Gasteiger partial charge in [0.1, 0.15) is 11.4 Å². The van der Waals surface area contributed by atoms with Gasteiger partial charge in [0, 0.05) is 19.5 Å². The lowest BCUT2D eigenvalue weighted by Crippen LogP contribution is -2.42. The van der Waals surface area contributed by atoms with Crippen molar-refractivity contribution in [2.45, 2.75) is 52.6 Å². The van der Waals surface area contributed by atoms with Crippen molar-refractivity contribution < 1.29 is 18.7 Å². The van der Waals surface area contributed by atoms with Crippen molar-refractivity contribution in [3.05, 3.63) is 29.8 Å². The van der Waals surface area contributed by atoms with Crippen LogP contribution in [0, 0.1) is 18.7 Å². The van der Waals surface area contributed by atoms with Gasteiger partial charge >= 0.3 is 6.09 Å². The number of nitrogens with zero attached hydrogens (tertiary/aromatic N) is 5. The number of aryl methyl sites for hydroxylation is 1. The van der Waals surface area contributed by atoms with Gasteiger partial charge in [-0.2, -0.15) is 4.68 Å². The minimum absolute atomic E-state index is 0.0820. The normalized spacial score (nSPS) is 15.2. The van der Waals surface area contributed by atoms with Gasteiger partial charge in [-0.3, -0.25) is 4.79 Å². The summed E-state index contributed by atoms with van der Waals surface area (Å²) >= 11 is 0. The topological polar surface area (TPSA) is 102 Å². The smallest absolute Gasteiger partial charge is 0.410 e. The minimum atomic E-state index is -0.534. The third-order valence-electron chi connectivity index (χ3n) is 4.83. The fourth-order valence-corrected chi connectivity index (χ4v) is 3.32. The van der Waals surface area contributed by atoms with Crippen LogP contribution in [0.1, 0.15) is 45.9 Å². The average molecular weight is 418 g/mol. The second-order valence-electron chi connectivity index (χ2n) is 8.47. The van der Waals surface area contributed by atoms with Gasteiger partial charge in [0.05, 0.1) is 11.4 Å². The molecule has 0 radical (unpaired) electrons. The number of nitrogens with one attached hydrogen (secondary N) is 1. The van der Waals surface area contributed by atoms with Crippen LogP contribution in [0.25, 0.3) is 5.69 Å². The maximum atomic E-state index is 14.2. The van der Waals surface area contributed by atoms with E-state index in [1.54, 1.807) is 17.9 Å². The number of likely N-dealkylation sites (tertiary alicyclic amines) is 1. The Morgan fingerprint density at radius 2 is 1.97 bits per heavy atom. The zero-order valence-corrected chi connectivity index (χ0v) is 17.7. The maximum Gasteiger partial charge on any atom is 0.410 e. The second-order valence-corrected chi connectivity index (χ2v) is 8.47. The third kappa shape index (κ3) is 5.52. The van der Waals surface area contributed by atoms with E-state index in [1.807, 2.05) is 20.8 Å². The first-order valence-corrected chi connectivity index (χ1v) is 9.95. The Kier molecular flexibility index (Phi) is 6.33. The Labute approximate surface area is 174 Å². The first-order chi connectivity index (χ1) is 14.1. The van der Waals surface area contributed by atoms with E-state index in [0.29, 0.717) is 37.4 Å². The highest BCUT2D eigenvalue weighted by atomic mass is 19.1. The number of amides is 2. The second kappa shape index (κ2) is 8.76. The fourth-order valence-electron chi connectivity index (χ4n) is 3.32. The van der Waals surface area contributed by atoms with E-state index in [4.69, 9.17) is 4.74 Å². The molecule has 1 N–H and O–H groups in total. The molecular weight excluding hydrogens is 391 g/mol. The summed E-state index contributed by atoms with van der Waals surface area (Å²) in [6.07, 6.45) is 1.32. The Bertz CT molecular complexity index is 916. The molecule has 0 unspecified atom stereocenters. The number of carbonyl (C=O) groups is 2. The van der Waals surface area contributed by atoms with Gasteiger partial charge in [0.15, 0.2) is 5.82 Å². The van der Waals surface area contributed by atoms with Crippen LogP contribution in [0.3, 0.4) is 0 Å². The van der Waals surface area contributed by atoms with Gasteiger partial charge in [-0.15, -0.1) is 5.10 Å². The van der Waals surface area contributed by atoms with Crippen LogP contribution in [-0.2, 0) is 9.53 Å². The number of carbonyl (C=O) groups excluding carboxylic acids is 2. The third-order valence-corrected chi connectivity index (χ3v) is 4.83. The number of anilines is 1. The highest BCUT2D eigenvalue weighted by molar-refractivity contribution is 5.91. The van der Waals surface area contributed by atoms with Crippen molar-refractivity contribution in [2.75, 3.05) is 18.4 Å². The molecule has 1 aromatic carbocycles. The lowest BCUT2D eigenvalue weighted by molar-refractivity contribution is -0.117. The Balaban J connectivity index is 1.54. The van der Waals surface area contributed by atoms with Crippen molar-refractivity contribution in [1.82, 2.24) is 25.1 Å². The number of aromatic nitrogens is 4. The molecule has 0 saturated carbocycles. The standard InChI is InChI=1S/C20H27FN6O3/c1-13-23-24-25-27(13)15-5-6-16(21)17(12-15)22-18(28)11-14-7-9-26(10-8-14)19(29)30-20(2,3)4/h5-6,12,14H,7-11H2,1-4H3,(H,22,28). The molecule has 1 aromatic heterocycles. The summed E-state index contributed by atoms with van der Waals surface area (Å²) in [6.45, 7) is 8.29. The van der Waals surface area contributed by atoms with Crippen molar-refractivity contribution in [3.63, 3.8) is 0 Å². The van der Waals surface area contributed by atoms with Gasteiger partial charge in [0.25, 0.3) is 0 Å². The molecule has 162 valence electrons. The summed E-state index contributed by atoms with van der Waals surface area (Å²) in [5.41, 5.74) is 0.103. The van der Waals surface area contributed by atoms with Crippen molar-refractivity contribution >= 4 is 17.7 Å². The number of rotatable bonds is 4. The molecule has 2 amide bonds. The number of ether oxygens (including phenoxy) is 1. The van der Waals surface area contributed by atoms with Gasteiger partial charge in [-0.05, 0) is 75.1 Å². The number of hydrogen-bond acceptors (Lipinski definition) is 6. The van der Waals surface area contributed by atoms with Gasteiger partial charge in [0.2, 0.25) is 5.91 Å². The molecule has 1 saturated heterocycles. The molecule has 1 fully saturated rings. The zero-order valence-electron chi connectivity index (χ0n) is 17.7. The molecule has 10 heteroatoms. The molecular formula is C20H27FN6O3. The number of tetrazole rings is 1. The fraction of sp³-hybridized carbons (Fsp3) is 0.550. The first kappa shape index (κ1) is 21.7. The number of piperidine rings is 1. The maximum absolute atomic E-state index is 14.2. The highest BCUT2D eigenvalue weighted by Gasteiger charge is 2.28. The molecule has 3 rings (SSSR count). The molecule has 0 bridgehead atoms. The Morgan fingerprint density at radius 3 is 2.57 bits per heavy atom. The summed E-state index contributed by atoms with van der Waals surface area (Å²) in [6, 6.07) is 4.31. The van der Waals surface area contributed by atoms with E-state index in [1.165, 1.54) is 16.8 Å². The number of hydrogen-bond donors (Lipinski definition) is 1. The van der Waals surface area contributed by atoms with Crippen molar-refractivity contribution in [1.29, 1.82) is 0 Å². The molecule has 2 aromatic rings. The van der Waals surface area contributed by atoms with E-state index in [2.05, 4.69) is 20.8 Å². The van der Waals surface area contributed by atoms with Crippen LogP contribution in [0.15, 0.2) is 18.2 Å². The summed E-state index contributed by atoms with van der Waals surface area (Å²) < 4.78 is 21.0. The van der Waals surface area contributed by atoms with E-state index in [0.717, 1.165) is 0 Å². The number of halogens is 1. The van der Waals surface area contributed by atoms with Gasteiger partial charge in [-0.25, -0.2) is 9.18 Å². The van der Waals surface area contributed by atoms with E-state index < -0.39 is 11.4 Å². The van der Waals surface area contributed by atoms with Crippen molar-refractivity contribution in [3.8, 4) is 5.69 Å². The SMILES string of the molecule is Cc1nnnn1-c1ccc(F)c(NC(=O)CC2CCN(C(=O)OC(C)(C)C)CC2)c1. The molecule has 2 heterocycles. The lowest BCUT2D eigenvalue weighted by Gasteiger charge is -2.33. The molecule has 1 aliphatic heterocycles. The lowest BCUT2D eigenvalue weighted by atomic mass is 9.93. The van der Waals surface area contributed by atoms with Crippen molar-refractivity contribution in [2.24, 2.45) is 5.92 Å². The van der Waals surface area contributed by atoms with E-state index >= 15 is 0 Å². The molecule has 1 aliphatic rings. The highest BCUT2D eigenvalue weighted by Crippen LogP contribution is 2.24. The summed E-state index contributed by atoms with van der Waals surface area (Å²) in [4.78, 5) is 26.3. The Morgan fingerprint density at radius 1 is 1.27 bits per heavy atom. The van der Waals surface area contributed by atoms with Crippen LogP contribution < -0.4 is 5.32 Å². The quantitative estimate of drug-likeness (QED) is 0.819. The van der Waals surface area contributed by atoms with Crippen LogP contribution in [0.5, 0.6) is 0 Å².